The molecule has 9 heteroatoms. The second-order valence-corrected chi connectivity index (χ2v) is 12.6. The predicted molar refractivity (Wildman–Crippen MR) is 149 cm³/mol. The molecule has 0 saturated carbocycles. The number of carbonyl (C=O) groups excluding carboxylic acids is 4. The Balaban J connectivity index is 3.76. The normalized spacial score (nSPS) is 13.8. The van der Waals surface area contributed by atoms with Gasteiger partial charge in [-0.15, -0.1) is 0 Å². The maximum Gasteiger partial charge on any atom is 0.408 e. The zero-order chi connectivity index (χ0) is 29.6. The minimum atomic E-state index is -1.14. The molecule has 9 nitrogen and oxygen atoms in total. The van der Waals surface area contributed by atoms with Gasteiger partial charge in [0, 0.05) is 17.5 Å². The Labute approximate surface area is 228 Å². The number of primary amides is 1. The number of nitrogens with zero attached hydrogens (tertiary/aromatic N) is 1. The van der Waals surface area contributed by atoms with Gasteiger partial charge in [-0.3, -0.25) is 14.4 Å². The van der Waals surface area contributed by atoms with E-state index < -0.39 is 46.7 Å². The van der Waals surface area contributed by atoms with Crippen LogP contribution in [0.25, 0.3) is 0 Å². The van der Waals surface area contributed by atoms with Crippen LogP contribution < -0.4 is 16.4 Å². The summed E-state index contributed by atoms with van der Waals surface area (Å²) in [5.41, 5.74) is 5.81. The monoisotopic (exact) mass is 532 g/mol. The third-order valence-electron chi connectivity index (χ3n) is 5.99. The molecule has 0 spiro atoms. The topological polar surface area (TPSA) is 131 Å². The van der Waals surface area contributed by atoms with Crippen LogP contribution in [-0.2, 0) is 19.1 Å². The zero-order valence-corrected chi connectivity index (χ0v) is 25.1. The molecule has 0 aromatic heterocycles. The fraction of sp³-hybridized carbons (Fsp3) is 0.655. The molecule has 0 aliphatic heterocycles. The quantitative estimate of drug-likeness (QED) is 0.410. The average Bonchev–Trinajstić information content (AvgIpc) is 2.70. The third-order valence-corrected chi connectivity index (χ3v) is 5.99. The number of aryl methyl sites for hydroxylation is 2. The van der Waals surface area contributed by atoms with Gasteiger partial charge in [0.15, 0.2) is 0 Å². The molecule has 0 fully saturated rings. The number of benzene rings is 1. The molecule has 0 radical (unpaired) electrons. The molecule has 1 aromatic rings. The van der Waals surface area contributed by atoms with Gasteiger partial charge in [0.1, 0.15) is 17.7 Å². The minimum Gasteiger partial charge on any atom is -0.444 e. The van der Waals surface area contributed by atoms with E-state index in [2.05, 4.69) is 10.6 Å². The zero-order valence-electron chi connectivity index (χ0n) is 25.1. The second kappa shape index (κ2) is 12.6. The first-order valence-electron chi connectivity index (χ1n) is 13.2. The first-order valence-corrected chi connectivity index (χ1v) is 13.2. The van der Waals surface area contributed by atoms with Crippen molar-refractivity contribution in [2.24, 2.45) is 5.73 Å². The maximum absolute atomic E-state index is 14.3. The Bertz CT molecular complexity index is 1000. The van der Waals surface area contributed by atoms with Crippen LogP contribution in [0.5, 0.6) is 0 Å². The molecule has 4 N–H and O–H groups in total. The fourth-order valence-corrected chi connectivity index (χ4v) is 4.13. The summed E-state index contributed by atoms with van der Waals surface area (Å²) in [5.74, 6) is -1.45. The van der Waals surface area contributed by atoms with E-state index in [1.807, 2.05) is 73.6 Å². The molecule has 214 valence electrons. The van der Waals surface area contributed by atoms with Gasteiger partial charge in [-0.1, -0.05) is 36.2 Å². The highest BCUT2D eigenvalue weighted by Gasteiger charge is 2.43. The summed E-state index contributed by atoms with van der Waals surface area (Å²) in [6.45, 7) is 20.3. The molecule has 0 aliphatic carbocycles. The third kappa shape index (κ3) is 10.3. The van der Waals surface area contributed by atoms with Gasteiger partial charge in [0.05, 0.1) is 0 Å². The van der Waals surface area contributed by atoms with Gasteiger partial charge < -0.3 is 26.0 Å². The van der Waals surface area contributed by atoms with Crippen LogP contribution in [0, 0.1) is 13.8 Å². The SMILES string of the molecule is CCC(C)(C)N(C(=O)C(CCC(N)=O)NC(=O)OC(C)(C)C)C(C(=O)NC(C)(C)C)c1cc(C)cc(C)c1. The average molecular weight is 533 g/mol. The number of nitrogens with one attached hydrogen (secondary N) is 2. The van der Waals surface area contributed by atoms with Crippen molar-refractivity contribution in [2.75, 3.05) is 0 Å². The van der Waals surface area contributed by atoms with Crippen molar-refractivity contribution in [3.05, 3.63) is 34.9 Å². The van der Waals surface area contributed by atoms with Crippen molar-refractivity contribution < 1.29 is 23.9 Å². The van der Waals surface area contributed by atoms with Crippen LogP contribution in [0.4, 0.5) is 4.79 Å². The lowest BCUT2D eigenvalue weighted by Crippen LogP contribution is -2.60. The first kappa shape index (κ1) is 32.9. The second-order valence-electron chi connectivity index (χ2n) is 12.6. The molecule has 0 bridgehead atoms. The summed E-state index contributed by atoms with van der Waals surface area (Å²) >= 11 is 0. The van der Waals surface area contributed by atoms with E-state index in [1.54, 1.807) is 20.8 Å². The summed E-state index contributed by atoms with van der Waals surface area (Å²) in [4.78, 5) is 54.1. The van der Waals surface area contributed by atoms with Crippen LogP contribution in [0.3, 0.4) is 0 Å². The summed E-state index contributed by atoms with van der Waals surface area (Å²) in [7, 11) is 0. The van der Waals surface area contributed by atoms with Crippen molar-refractivity contribution in [1.82, 2.24) is 15.5 Å². The minimum absolute atomic E-state index is 0.0375. The molecular weight excluding hydrogens is 484 g/mol. The van der Waals surface area contributed by atoms with Gasteiger partial charge in [-0.2, -0.15) is 0 Å². The van der Waals surface area contributed by atoms with Crippen LogP contribution in [0.2, 0.25) is 0 Å². The molecule has 38 heavy (non-hydrogen) atoms. The van der Waals surface area contributed by atoms with Gasteiger partial charge >= 0.3 is 6.09 Å². The highest BCUT2D eigenvalue weighted by Crippen LogP contribution is 2.34. The lowest BCUT2D eigenvalue weighted by Gasteiger charge is -2.45. The fourth-order valence-electron chi connectivity index (χ4n) is 4.13. The van der Waals surface area contributed by atoms with Crippen molar-refractivity contribution in [1.29, 1.82) is 0 Å². The van der Waals surface area contributed by atoms with E-state index in [0.717, 1.165) is 11.1 Å². The van der Waals surface area contributed by atoms with Crippen molar-refractivity contribution in [3.63, 3.8) is 0 Å². The van der Waals surface area contributed by atoms with Gasteiger partial charge in [0.2, 0.25) is 17.7 Å². The maximum atomic E-state index is 14.3. The highest BCUT2D eigenvalue weighted by molar-refractivity contribution is 5.93. The molecule has 2 unspecified atom stereocenters. The molecule has 0 aliphatic rings. The number of rotatable bonds is 10. The largest absolute Gasteiger partial charge is 0.444 e. The van der Waals surface area contributed by atoms with E-state index >= 15 is 0 Å². The molecular formula is C29H48N4O5. The lowest BCUT2D eigenvalue weighted by molar-refractivity contribution is -0.150. The Morgan fingerprint density at radius 2 is 1.47 bits per heavy atom. The predicted octanol–water partition coefficient (Wildman–Crippen LogP) is 4.44. The highest BCUT2D eigenvalue weighted by atomic mass is 16.6. The summed E-state index contributed by atoms with van der Waals surface area (Å²) in [5, 5.41) is 5.66. The molecule has 0 saturated heterocycles. The molecule has 1 aromatic carbocycles. The molecule has 0 heterocycles. The first-order chi connectivity index (χ1) is 17.2. The van der Waals surface area contributed by atoms with E-state index in [9.17, 15) is 19.2 Å². The van der Waals surface area contributed by atoms with Crippen LogP contribution in [0.1, 0.15) is 104 Å². The summed E-state index contributed by atoms with van der Waals surface area (Å²) < 4.78 is 5.39. The number of amides is 4. The standard InChI is InChI=1S/C29H48N4O5/c1-12-29(10,11)33(25(36)21(13-14-22(30)34)31-26(37)38-28(7,8)9)23(24(35)32-27(4,5)6)20-16-18(2)15-19(3)17-20/h15-17,21,23H,12-14H2,1-11H3,(H2,30,34)(H,31,37)(H,32,35). The van der Waals surface area contributed by atoms with Crippen LogP contribution >= 0.6 is 0 Å². The number of hydrogen-bond donors (Lipinski definition) is 3. The molecule has 1 rings (SSSR count). The van der Waals surface area contributed by atoms with E-state index in [1.165, 1.54) is 4.90 Å². The Morgan fingerprint density at radius 3 is 1.89 bits per heavy atom. The van der Waals surface area contributed by atoms with E-state index in [0.29, 0.717) is 12.0 Å². The van der Waals surface area contributed by atoms with Crippen molar-refractivity contribution >= 4 is 23.8 Å². The number of hydrogen-bond acceptors (Lipinski definition) is 5. The van der Waals surface area contributed by atoms with Gasteiger partial charge in [-0.25, -0.2) is 4.79 Å². The Kier molecular flexibility index (Phi) is 10.9. The smallest absolute Gasteiger partial charge is 0.408 e. The molecule has 4 amide bonds. The van der Waals surface area contributed by atoms with Crippen molar-refractivity contribution in [2.45, 2.75) is 124 Å². The van der Waals surface area contributed by atoms with Crippen LogP contribution in [-0.4, -0.2) is 51.4 Å². The van der Waals surface area contributed by atoms with Crippen LogP contribution in [0.15, 0.2) is 18.2 Å². The van der Waals surface area contributed by atoms with Crippen molar-refractivity contribution in [3.8, 4) is 0 Å². The summed E-state index contributed by atoms with van der Waals surface area (Å²) in [6, 6.07) is 3.65. The van der Waals surface area contributed by atoms with Gasteiger partial charge in [0.25, 0.3) is 0 Å². The van der Waals surface area contributed by atoms with Gasteiger partial charge in [-0.05, 0) is 87.6 Å². The molecule has 2 atom stereocenters. The number of nitrogens with two attached hydrogens (primary N) is 1. The Hall–Kier alpha value is -3.10. The van der Waals surface area contributed by atoms with E-state index in [-0.39, 0.29) is 18.7 Å². The lowest BCUT2D eigenvalue weighted by atomic mass is 9.90. The number of carbonyl (C=O) groups is 4. The summed E-state index contributed by atoms with van der Waals surface area (Å²) in [6.07, 6.45) is -0.437. The Morgan fingerprint density at radius 1 is 0.947 bits per heavy atom. The number of ether oxygens (including phenoxy) is 1. The van der Waals surface area contributed by atoms with E-state index in [4.69, 9.17) is 10.5 Å². The number of alkyl carbamates (subject to hydrolysis) is 1.